The van der Waals surface area contributed by atoms with Crippen LogP contribution in [0.3, 0.4) is 0 Å². The van der Waals surface area contributed by atoms with E-state index in [1.54, 1.807) is 31.4 Å². The number of nitrogens with one attached hydrogen (secondary N) is 3. The summed E-state index contributed by atoms with van der Waals surface area (Å²) in [5, 5.41) is 3.04. The Morgan fingerprint density at radius 1 is 1.03 bits per heavy atom. The molecule has 0 heterocycles. The number of methoxy groups -OCH3 is 1. The molecule has 0 aliphatic carbocycles. The molecular weight excluding hydrogens is 370 g/mol. The van der Waals surface area contributed by atoms with Crippen molar-refractivity contribution in [1.29, 1.82) is 0 Å². The first kappa shape index (κ1) is 21.8. The molecule has 0 spiro atoms. The molecule has 0 saturated heterocycles. The number of hydrazine groups is 1. The quantitative estimate of drug-likeness (QED) is 0.471. The summed E-state index contributed by atoms with van der Waals surface area (Å²) in [6, 6.07) is 11.3. The van der Waals surface area contributed by atoms with Gasteiger partial charge >= 0.3 is 0 Å². The van der Waals surface area contributed by atoms with Crippen molar-refractivity contribution in [2.45, 2.75) is 20.8 Å². The lowest BCUT2D eigenvalue weighted by atomic mass is 10.1. The fraction of sp³-hybridized carbons (Fsp3) is 0.273. The van der Waals surface area contributed by atoms with Crippen LogP contribution in [0.4, 0.5) is 5.69 Å². The molecule has 0 fully saturated rings. The standard InChI is InChI=1S/C22H27N3O4/c1-5-29-20-13-17(7-10-19(20)28-4)8-11-21(26)24-25-22(27)14-23-18-9-6-15(2)12-16(18)3/h6-13,23H,5,14H2,1-4H3,(H,24,26)(H,25,27)/b11-8+. The number of carbonyl (C=O) groups is 2. The van der Waals surface area contributed by atoms with E-state index in [4.69, 9.17) is 9.47 Å². The number of rotatable bonds is 8. The van der Waals surface area contributed by atoms with Gasteiger partial charge in [0.15, 0.2) is 11.5 Å². The Hall–Kier alpha value is -3.48. The minimum atomic E-state index is -0.446. The third-order valence-electron chi connectivity index (χ3n) is 4.06. The minimum absolute atomic E-state index is 0.0457. The van der Waals surface area contributed by atoms with Crippen molar-refractivity contribution in [3.63, 3.8) is 0 Å². The van der Waals surface area contributed by atoms with Gasteiger partial charge in [0.1, 0.15) is 0 Å². The third kappa shape index (κ3) is 6.88. The first-order chi connectivity index (χ1) is 13.9. The number of amides is 2. The normalized spacial score (nSPS) is 10.5. The Kier molecular flexibility index (Phi) is 8.09. The number of aryl methyl sites for hydroxylation is 2. The van der Waals surface area contributed by atoms with Gasteiger partial charge in [0, 0.05) is 11.8 Å². The Labute approximate surface area is 171 Å². The van der Waals surface area contributed by atoms with Crippen LogP contribution >= 0.6 is 0 Å². The average molecular weight is 397 g/mol. The van der Waals surface area contributed by atoms with Gasteiger partial charge < -0.3 is 14.8 Å². The van der Waals surface area contributed by atoms with E-state index in [0.717, 1.165) is 22.4 Å². The summed E-state index contributed by atoms with van der Waals surface area (Å²) < 4.78 is 10.7. The van der Waals surface area contributed by atoms with Crippen LogP contribution in [0.25, 0.3) is 6.08 Å². The maximum atomic E-state index is 11.9. The summed E-state index contributed by atoms with van der Waals surface area (Å²) in [7, 11) is 1.57. The fourth-order valence-electron chi connectivity index (χ4n) is 2.64. The molecular formula is C22H27N3O4. The molecule has 2 aromatic rings. The number of hydrogen-bond donors (Lipinski definition) is 3. The monoisotopic (exact) mass is 397 g/mol. The topological polar surface area (TPSA) is 88.7 Å². The molecule has 0 aliphatic rings. The molecule has 29 heavy (non-hydrogen) atoms. The minimum Gasteiger partial charge on any atom is -0.493 e. The van der Waals surface area contributed by atoms with Gasteiger partial charge in [-0.05, 0) is 56.2 Å². The van der Waals surface area contributed by atoms with Crippen molar-refractivity contribution in [1.82, 2.24) is 10.9 Å². The largest absolute Gasteiger partial charge is 0.493 e. The van der Waals surface area contributed by atoms with E-state index in [2.05, 4.69) is 16.2 Å². The lowest BCUT2D eigenvalue weighted by molar-refractivity contribution is -0.125. The Morgan fingerprint density at radius 2 is 1.83 bits per heavy atom. The maximum absolute atomic E-state index is 11.9. The molecule has 3 N–H and O–H groups in total. The predicted molar refractivity (Wildman–Crippen MR) is 114 cm³/mol. The van der Waals surface area contributed by atoms with Crippen LogP contribution in [-0.4, -0.2) is 32.1 Å². The summed E-state index contributed by atoms with van der Waals surface area (Å²) in [6.07, 6.45) is 2.95. The predicted octanol–water partition coefficient (Wildman–Crippen LogP) is 2.98. The highest BCUT2D eigenvalue weighted by Gasteiger charge is 2.06. The second kappa shape index (κ2) is 10.8. The van der Waals surface area contributed by atoms with Crippen molar-refractivity contribution in [2.24, 2.45) is 0 Å². The van der Waals surface area contributed by atoms with Gasteiger partial charge in [-0.25, -0.2) is 0 Å². The lowest BCUT2D eigenvalue weighted by Crippen LogP contribution is -2.43. The fourth-order valence-corrected chi connectivity index (χ4v) is 2.64. The molecule has 0 atom stereocenters. The van der Waals surface area contributed by atoms with Crippen LogP contribution in [0.2, 0.25) is 0 Å². The summed E-state index contributed by atoms with van der Waals surface area (Å²) in [5.41, 5.74) is 8.58. The van der Waals surface area contributed by atoms with Gasteiger partial charge in [-0.15, -0.1) is 0 Å². The highest BCUT2D eigenvalue weighted by atomic mass is 16.5. The number of anilines is 1. The molecule has 2 amide bonds. The van der Waals surface area contributed by atoms with E-state index >= 15 is 0 Å². The van der Waals surface area contributed by atoms with Crippen LogP contribution in [0.1, 0.15) is 23.6 Å². The molecule has 0 radical (unpaired) electrons. The third-order valence-corrected chi connectivity index (χ3v) is 4.06. The zero-order valence-electron chi connectivity index (χ0n) is 17.2. The van der Waals surface area contributed by atoms with Crippen LogP contribution in [-0.2, 0) is 9.59 Å². The second-order valence-corrected chi connectivity index (χ2v) is 6.39. The Morgan fingerprint density at radius 3 is 2.52 bits per heavy atom. The second-order valence-electron chi connectivity index (χ2n) is 6.39. The molecule has 7 heteroatoms. The van der Waals surface area contributed by atoms with Crippen molar-refractivity contribution >= 4 is 23.6 Å². The van der Waals surface area contributed by atoms with Gasteiger partial charge in [0.2, 0.25) is 0 Å². The van der Waals surface area contributed by atoms with E-state index in [-0.39, 0.29) is 12.5 Å². The number of carbonyl (C=O) groups excluding carboxylic acids is 2. The zero-order valence-corrected chi connectivity index (χ0v) is 17.2. The van der Waals surface area contributed by atoms with E-state index in [9.17, 15) is 9.59 Å². The number of hydrogen-bond acceptors (Lipinski definition) is 5. The first-order valence-electron chi connectivity index (χ1n) is 9.31. The van der Waals surface area contributed by atoms with Crippen LogP contribution < -0.4 is 25.6 Å². The van der Waals surface area contributed by atoms with Crippen molar-refractivity contribution in [3.05, 3.63) is 59.2 Å². The summed E-state index contributed by atoms with van der Waals surface area (Å²) in [4.78, 5) is 23.8. The van der Waals surface area contributed by atoms with Crippen molar-refractivity contribution in [2.75, 3.05) is 25.6 Å². The summed E-state index contributed by atoms with van der Waals surface area (Å²) in [5.74, 6) is 0.425. The zero-order chi connectivity index (χ0) is 21.2. The molecule has 0 aliphatic heterocycles. The van der Waals surface area contributed by atoms with Crippen molar-refractivity contribution < 1.29 is 19.1 Å². The number of ether oxygens (including phenoxy) is 2. The van der Waals surface area contributed by atoms with Gasteiger partial charge in [-0.3, -0.25) is 20.4 Å². The van der Waals surface area contributed by atoms with E-state index in [1.807, 2.05) is 39.0 Å². The highest BCUT2D eigenvalue weighted by Crippen LogP contribution is 2.28. The van der Waals surface area contributed by atoms with Crippen LogP contribution in [0.5, 0.6) is 11.5 Å². The Bertz CT molecular complexity index is 894. The van der Waals surface area contributed by atoms with Crippen LogP contribution in [0.15, 0.2) is 42.5 Å². The lowest BCUT2D eigenvalue weighted by Gasteiger charge is -2.11. The van der Waals surface area contributed by atoms with Crippen molar-refractivity contribution in [3.8, 4) is 11.5 Å². The van der Waals surface area contributed by atoms with E-state index in [0.29, 0.717) is 18.1 Å². The number of benzene rings is 2. The Balaban J connectivity index is 1.82. The molecule has 2 aromatic carbocycles. The average Bonchev–Trinajstić information content (AvgIpc) is 2.70. The van der Waals surface area contributed by atoms with Gasteiger partial charge in [0.25, 0.3) is 11.8 Å². The smallest absolute Gasteiger partial charge is 0.262 e. The molecule has 0 saturated carbocycles. The SMILES string of the molecule is CCOc1cc(/C=C/C(=O)NNC(=O)CNc2ccc(C)cc2C)ccc1OC. The molecule has 2 rings (SSSR count). The van der Waals surface area contributed by atoms with Gasteiger partial charge in [-0.2, -0.15) is 0 Å². The van der Waals surface area contributed by atoms with Gasteiger partial charge in [0.05, 0.1) is 20.3 Å². The summed E-state index contributed by atoms with van der Waals surface area (Å²) >= 11 is 0. The molecule has 7 nitrogen and oxygen atoms in total. The van der Waals surface area contributed by atoms with Crippen LogP contribution in [0, 0.1) is 13.8 Å². The molecule has 0 aromatic heterocycles. The van der Waals surface area contributed by atoms with E-state index < -0.39 is 5.91 Å². The first-order valence-corrected chi connectivity index (χ1v) is 9.31. The maximum Gasteiger partial charge on any atom is 0.262 e. The molecule has 0 bridgehead atoms. The highest BCUT2D eigenvalue weighted by molar-refractivity contribution is 5.93. The van der Waals surface area contributed by atoms with E-state index in [1.165, 1.54) is 6.08 Å². The molecule has 0 unspecified atom stereocenters. The summed E-state index contributed by atoms with van der Waals surface area (Å²) in [6.45, 7) is 6.41. The molecule has 154 valence electrons. The van der Waals surface area contributed by atoms with Gasteiger partial charge in [-0.1, -0.05) is 23.8 Å².